The number of hydrogen-bond acceptors (Lipinski definition) is 4. The molecular formula is C14H11NO3. The average molecular weight is 241 g/mol. The van der Waals surface area contributed by atoms with Gasteiger partial charge in [0.2, 0.25) is 12.0 Å². The molecule has 1 atom stereocenters. The van der Waals surface area contributed by atoms with Crippen molar-refractivity contribution in [3.8, 4) is 0 Å². The van der Waals surface area contributed by atoms with Crippen LogP contribution >= 0.6 is 0 Å². The highest BCUT2D eigenvalue weighted by Crippen LogP contribution is 2.25. The monoisotopic (exact) mass is 241 g/mol. The van der Waals surface area contributed by atoms with Crippen molar-refractivity contribution in [2.24, 2.45) is 0 Å². The number of nitrogens with one attached hydrogen (secondary N) is 1. The number of carbonyl (C=O) groups excluding carboxylic acids is 2. The molecule has 0 amide bonds. The van der Waals surface area contributed by atoms with Crippen LogP contribution in [0.25, 0.3) is 0 Å². The molecule has 0 aromatic heterocycles. The van der Waals surface area contributed by atoms with E-state index < -0.39 is 6.23 Å². The number of ketones is 2. The maximum atomic E-state index is 12.1. The van der Waals surface area contributed by atoms with Crippen LogP contribution in [0.4, 0.5) is 0 Å². The van der Waals surface area contributed by atoms with Crippen LogP contribution in [0.15, 0.2) is 53.9 Å². The van der Waals surface area contributed by atoms with Crippen LogP contribution in [-0.2, 0) is 9.53 Å². The Labute approximate surface area is 104 Å². The third kappa shape index (κ3) is 1.82. The van der Waals surface area contributed by atoms with Crippen LogP contribution in [0.3, 0.4) is 0 Å². The van der Waals surface area contributed by atoms with Crippen molar-refractivity contribution in [2.75, 3.05) is 0 Å². The van der Waals surface area contributed by atoms with Crippen molar-refractivity contribution >= 4 is 11.6 Å². The van der Waals surface area contributed by atoms with Gasteiger partial charge in [0.05, 0.1) is 5.70 Å². The normalized spacial score (nSPS) is 21.3. The van der Waals surface area contributed by atoms with Crippen LogP contribution in [-0.4, -0.2) is 17.8 Å². The molecule has 2 aliphatic rings. The smallest absolute Gasteiger partial charge is 0.234 e. The van der Waals surface area contributed by atoms with Crippen molar-refractivity contribution < 1.29 is 14.3 Å². The van der Waals surface area contributed by atoms with Crippen LogP contribution in [0, 0.1) is 0 Å². The molecule has 0 saturated carbocycles. The number of carbonyl (C=O) groups is 2. The zero-order valence-corrected chi connectivity index (χ0v) is 9.55. The zero-order chi connectivity index (χ0) is 12.5. The maximum Gasteiger partial charge on any atom is 0.234 e. The number of fused-ring (bicyclic) bond motifs is 1. The summed E-state index contributed by atoms with van der Waals surface area (Å²) in [5.74, 6) is 0.459. The highest BCUT2D eigenvalue weighted by Gasteiger charge is 2.32. The van der Waals surface area contributed by atoms with Crippen molar-refractivity contribution in [1.29, 1.82) is 0 Å². The summed E-state index contributed by atoms with van der Waals surface area (Å²) in [5, 5.41) is 2.92. The molecule has 4 nitrogen and oxygen atoms in total. The lowest BCUT2D eigenvalue weighted by molar-refractivity contribution is -0.114. The fraction of sp³-hybridized carbons (Fsp3) is 0.143. The van der Waals surface area contributed by atoms with Gasteiger partial charge in [-0.2, -0.15) is 0 Å². The maximum absolute atomic E-state index is 12.1. The van der Waals surface area contributed by atoms with E-state index in [1.807, 2.05) is 6.07 Å². The third-order valence-corrected chi connectivity index (χ3v) is 2.89. The molecule has 0 bridgehead atoms. The molecule has 90 valence electrons. The van der Waals surface area contributed by atoms with E-state index in [0.717, 1.165) is 0 Å². The number of rotatable bonds is 2. The summed E-state index contributed by atoms with van der Waals surface area (Å²) >= 11 is 0. The summed E-state index contributed by atoms with van der Waals surface area (Å²) in [6, 6.07) is 8.93. The topological polar surface area (TPSA) is 55.4 Å². The summed E-state index contributed by atoms with van der Waals surface area (Å²) in [7, 11) is 0. The van der Waals surface area contributed by atoms with Gasteiger partial charge >= 0.3 is 0 Å². The van der Waals surface area contributed by atoms with E-state index >= 15 is 0 Å². The van der Waals surface area contributed by atoms with E-state index in [4.69, 9.17) is 4.74 Å². The minimum Gasteiger partial charge on any atom is -0.461 e. The largest absolute Gasteiger partial charge is 0.461 e. The Bertz CT molecular complexity index is 572. The van der Waals surface area contributed by atoms with Gasteiger partial charge in [0.15, 0.2) is 5.78 Å². The van der Waals surface area contributed by atoms with Crippen molar-refractivity contribution in [1.82, 2.24) is 5.32 Å². The molecule has 1 unspecified atom stereocenters. The molecular weight excluding hydrogens is 230 g/mol. The Kier molecular flexibility index (Phi) is 2.48. The summed E-state index contributed by atoms with van der Waals surface area (Å²) in [6.07, 6.45) is 2.76. The molecule has 1 aromatic carbocycles. The molecule has 1 aliphatic carbocycles. The molecule has 1 fully saturated rings. The number of allylic oxidation sites excluding steroid dienone is 2. The van der Waals surface area contributed by atoms with Gasteiger partial charge in [-0.05, 0) is 6.08 Å². The highest BCUT2D eigenvalue weighted by molar-refractivity contribution is 6.00. The van der Waals surface area contributed by atoms with E-state index in [0.29, 0.717) is 23.4 Å². The molecule has 1 saturated heterocycles. The lowest BCUT2D eigenvalue weighted by Crippen LogP contribution is -2.31. The minimum absolute atomic E-state index is 0.0117. The first-order chi connectivity index (χ1) is 8.74. The number of benzene rings is 1. The van der Waals surface area contributed by atoms with Gasteiger partial charge in [-0.1, -0.05) is 30.3 Å². The first kappa shape index (κ1) is 10.8. The second kappa shape index (κ2) is 4.14. The zero-order valence-electron chi connectivity index (χ0n) is 9.55. The van der Waals surface area contributed by atoms with Gasteiger partial charge in [0, 0.05) is 18.1 Å². The molecule has 3 rings (SSSR count). The third-order valence-electron chi connectivity index (χ3n) is 2.89. The lowest BCUT2D eigenvalue weighted by Gasteiger charge is -2.08. The summed E-state index contributed by atoms with van der Waals surface area (Å²) in [6.45, 7) is 0. The molecule has 1 heterocycles. The van der Waals surface area contributed by atoms with Gasteiger partial charge in [0.25, 0.3) is 0 Å². The van der Waals surface area contributed by atoms with E-state index in [9.17, 15) is 9.59 Å². The Morgan fingerprint density at radius 3 is 2.83 bits per heavy atom. The highest BCUT2D eigenvalue weighted by atomic mass is 16.5. The van der Waals surface area contributed by atoms with Crippen molar-refractivity contribution in [2.45, 2.75) is 12.6 Å². The van der Waals surface area contributed by atoms with Gasteiger partial charge in [-0.15, -0.1) is 0 Å². The van der Waals surface area contributed by atoms with Crippen LogP contribution in [0.5, 0.6) is 0 Å². The number of hydrogen-bond donors (Lipinski definition) is 1. The summed E-state index contributed by atoms with van der Waals surface area (Å²) in [5.41, 5.74) is 1.18. The minimum atomic E-state index is -0.740. The first-order valence-corrected chi connectivity index (χ1v) is 5.71. The molecule has 0 spiro atoms. The predicted octanol–water partition coefficient (Wildman–Crippen LogP) is 1.56. The van der Waals surface area contributed by atoms with E-state index in [2.05, 4.69) is 5.32 Å². The van der Waals surface area contributed by atoms with Crippen LogP contribution < -0.4 is 5.32 Å². The average Bonchev–Trinajstić information content (AvgIpc) is 2.81. The predicted molar refractivity (Wildman–Crippen MR) is 64.6 cm³/mol. The number of Topliss-reactive ketones (excluding diaryl/α,β-unsaturated/α-hetero) is 1. The van der Waals surface area contributed by atoms with Crippen LogP contribution in [0.2, 0.25) is 0 Å². The van der Waals surface area contributed by atoms with Crippen molar-refractivity contribution in [3.05, 3.63) is 59.5 Å². The van der Waals surface area contributed by atoms with Gasteiger partial charge < -0.3 is 10.1 Å². The Morgan fingerprint density at radius 2 is 2.06 bits per heavy atom. The molecule has 1 aromatic rings. The van der Waals surface area contributed by atoms with Gasteiger partial charge in [-0.3, -0.25) is 9.59 Å². The first-order valence-electron chi connectivity index (χ1n) is 5.71. The molecule has 1 N–H and O–H groups in total. The van der Waals surface area contributed by atoms with Crippen LogP contribution in [0.1, 0.15) is 16.8 Å². The molecule has 1 aliphatic heterocycles. The summed E-state index contributed by atoms with van der Waals surface area (Å²) in [4.78, 5) is 23.4. The van der Waals surface area contributed by atoms with Gasteiger partial charge in [0.1, 0.15) is 5.76 Å². The Morgan fingerprint density at radius 1 is 1.28 bits per heavy atom. The van der Waals surface area contributed by atoms with E-state index in [1.54, 1.807) is 30.3 Å². The second-order valence-electron chi connectivity index (χ2n) is 4.17. The Hall–Kier alpha value is -2.36. The lowest BCUT2D eigenvalue weighted by atomic mass is 10.1. The molecule has 18 heavy (non-hydrogen) atoms. The fourth-order valence-electron chi connectivity index (χ4n) is 1.99. The van der Waals surface area contributed by atoms with E-state index in [1.165, 1.54) is 6.08 Å². The SMILES string of the molecule is O=C1C=C2NC(C(=O)c3ccccc3)OC2=CC1. The standard InChI is InChI=1S/C14H11NO3/c16-10-6-7-12-11(8-10)15-14(18-12)13(17)9-4-2-1-3-5-9/h1-5,7-8,14-15H,6H2. The summed E-state index contributed by atoms with van der Waals surface area (Å²) < 4.78 is 5.51. The Balaban J connectivity index is 1.83. The van der Waals surface area contributed by atoms with Crippen molar-refractivity contribution in [3.63, 3.8) is 0 Å². The molecule has 4 heteroatoms. The number of ether oxygens (including phenoxy) is 1. The second-order valence-corrected chi connectivity index (χ2v) is 4.17. The van der Waals surface area contributed by atoms with Gasteiger partial charge in [-0.25, -0.2) is 0 Å². The fourth-order valence-corrected chi connectivity index (χ4v) is 1.99. The quantitative estimate of drug-likeness (QED) is 0.798. The van der Waals surface area contributed by atoms with E-state index in [-0.39, 0.29) is 11.6 Å². The molecule has 0 radical (unpaired) electrons.